The van der Waals surface area contributed by atoms with E-state index >= 15 is 0 Å². The zero-order chi connectivity index (χ0) is 20.4. The molecule has 5 nitrogen and oxygen atoms in total. The lowest BCUT2D eigenvalue weighted by atomic mass is 10.2. The van der Waals surface area contributed by atoms with E-state index in [0.29, 0.717) is 5.69 Å². The van der Waals surface area contributed by atoms with Gasteiger partial charge in [-0.2, -0.15) is 0 Å². The van der Waals surface area contributed by atoms with Crippen molar-refractivity contribution in [2.75, 3.05) is 10.6 Å². The zero-order valence-corrected chi connectivity index (χ0v) is 17.2. The standard InChI is InChI=1S/C21H21NO4S2/c1-17-8-10-19(11-9-17)22(16-18-6-4-3-5-7-18)28(25,26)21-14-12-20(13-15-21)27(2,23)24/h3-15H,16H2,1-2H3. The fourth-order valence-corrected chi connectivity index (χ4v) is 4.84. The third-order valence-electron chi connectivity index (χ3n) is 4.33. The number of sulfonamides is 1. The number of hydrogen-bond acceptors (Lipinski definition) is 4. The lowest BCUT2D eigenvalue weighted by Crippen LogP contribution is -2.30. The van der Waals surface area contributed by atoms with E-state index in [9.17, 15) is 16.8 Å². The molecule has 0 saturated carbocycles. The van der Waals surface area contributed by atoms with Gasteiger partial charge in [0.25, 0.3) is 10.0 Å². The van der Waals surface area contributed by atoms with Crippen molar-refractivity contribution in [2.24, 2.45) is 0 Å². The second kappa shape index (κ2) is 7.77. The number of sulfone groups is 1. The molecule has 0 N–H and O–H groups in total. The minimum atomic E-state index is -3.89. The minimum Gasteiger partial charge on any atom is -0.262 e. The predicted octanol–water partition coefficient (Wildman–Crippen LogP) is 3.79. The predicted molar refractivity (Wildman–Crippen MR) is 111 cm³/mol. The minimum absolute atomic E-state index is 0.0383. The highest BCUT2D eigenvalue weighted by atomic mass is 32.2. The molecule has 3 rings (SSSR count). The van der Waals surface area contributed by atoms with Crippen LogP contribution in [0, 0.1) is 6.92 Å². The molecule has 0 spiro atoms. The van der Waals surface area contributed by atoms with Crippen molar-refractivity contribution in [3.8, 4) is 0 Å². The Morgan fingerprint density at radius 2 is 1.25 bits per heavy atom. The average Bonchev–Trinajstić information content (AvgIpc) is 2.67. The van der Waals surface area contributed by atoms with E-state index in [1.54, 1.807) is 12.1 Å². The molecule has 0 heterocycles. The van der Waals surface area contributed by atoms with Crippen LogP contribution >= 0.6 is 0 Å². The maximum atomic E-state index is 13.4. The third kappa shape index (κ3) is 4.43. The second-order valence-corrected chi connectivity index (χ2v) is 10.5. The van der Waals surface area contributed by atoms with E-state index in [1.807, 2.05) is 49.4 Å². The summed E-state index contributed by atoms with van der Waals surface area (Å²) in [7, 11) is -7.29. The van der Waals surface area contributed by atoms with Crippen molar-refractivity contribution in [1.29, 1.82) is 0 Å². The fraction of sp³-hybridized carbons (Fsp3) is 0.143. The zero-order valence-electron chi connectivity index (χ0n) is 15.6. The van der Waals surface area contributed by atoms with Crippen molar-refractivity contribution in [3.63, 3.8) is 0 Å². The number of aryl methyl sites for hydroxylation is 1. The molecule has 0 unspecified atom stereocenters. The van der Waals surface area contributed by atoms with Gasteiger partial charge in [0.1, 0.15) is 0 Å². The van der Waals surface area contributed by atoms with E-state index in [1.165, 1.54) is 28.6 Å². The number of anilines is 1. The molecule has 0 aliphatic heterocycles. The van der Waals surface area contributed by atoms with Gasteiger partial charge in [-0.3, -0.25) is 4.31 Å². The molecule has 3 aromatic carbocycles. The van der Waals surface area contributed by atoms with Crippen LogP contribution in [0.15, 0.2) is 88.7 Å². The van der Waals surface area contributed by atoms with E-state index in [-0.39, 0.29) is 16.3 Å². The number of nitrogens with zero attached hydrogens (tertiary/aromatic N) is 1. The maximum Gasteiger partial charge on any atom is 0.264 e. The molecule has 0 aliphatic carbocycles. The third-order valence-corrected chi connectivity index (χ3v) is 7.25. The van der Waals surface area contributed by atoms with Gasteiger partial charge in [-0.15, -0.1) is 0 Å². The topological polar surface area (TPSA) is 71.5 Å². The quantitative estimate of drug-likeness (QED) is 0.614. The Bertz CT molecular complexity index is 1150. The molecule has 0 amide bonds. The van der Waals surface area contributed by atoms with Crippen LogP contribution in [0.25, 0.3) is 0 Å². The first-order chi connectivity index (χ1) is 13.2. The van der Waals surface area contributed by atoms with Crippen LogP contribution in [0.1, 0.15) is 11.1 Å². The first kappa shape index (κ1) is 20.1. The van der Waals surface area contributed by atoms with Gasteiger partial charge in [0.05, 0.1) is 22.0 Å². The van der Waals surface area contributed by atoms with Gasteiger partial charge < -0.3 is 0 Å². The number of rotatable bonds is 6. The smallest absolute Gasteiger partial charge is 0.262 e. The SMILES string of the molecule is Cc1ccc(N(Cc2ccccc2)S(=O)(=O)c2ccc(S(C)(=O)=O)cc2)cc1. The molecular formula is C21H21NO4S2. The number of hydrogen-bond donors (Lipinski definition) is 0. The van der Waals surface area contributed by atoms with E-state index < -0.39 is 19.9 Å². The van der Waals surface area contributed by atoms with Crippen molar-refractivity contribution in [3.05, 3.63) is 90.0 Å². The summed E-state index contributed by atoms with van der Waals surface area (Å²) < 4.78 is 51.4. The van der Waals surface area contributed by atoms with E-state index in [2.05, 4.69) is 0 Å². The second-order valence-electron chi connectivity index (χ2n) is 6.58. The summed E-state index contributed by atoms with van der Waals surface area (Å²) in [5.41, 5.74) is 2.42. The van der Waals surface area contributed by atoms with Gasteiger partial charge in [-0.25, -0.2) is 16.8 Å². The van der Waals surface area contributed by atoms with Gasteiger partial charge >= 0.3 is 0 Å². The van der Waals surface area contributed by atoms with Crippen molar-refractivity contribution < 1.29 is 16.8 Å². The summed E-state index contributed by atoms with van der Waals surface area (Å²) in [5, 5.41) is 0. The molecule has 0 aliphatic rings. The lowest BCUT2D eigenvalue weighted by Gasteiger charge is -2.25. The van der Waals surface area contributed by atoms with Gasteiger partial charge in [0, 0.05) is 6.26 Å². The lowest BCUT2D eigenvalue weighted by molar-refractivity contribution is 0.589. The first-order valence-electron chi connectivity index (χ1n) is 8.61. The van der Waals surface area contributed by atoms with Gasteiger partial charge in [-0.1, -0.05) is 48.0 Å². The van der Waals surface area contributed by atoms with Crippen LogP contribution in [0.5, 0.6) is 0 Å². The molecule has 0 atom stereocenters. The molecule has 3 aromatic rings. The van der Waals surface area contributed by atoms with Crippen LogP contribution in [0.4, 0.5) is 5.69 Å². The van der Waals surface area contributed by atoms with Crippen molar-refractivity contribution in [2.45, 2.75) is 23.3 Å². The molecule has 0 fully saturated rings. The van der Waals surface area contributed by atoms with Crippen LogP contribution in [0.2, 0.25) is 0 Å². The Hall–Kier alpha value is -2.64. The molecule has 146 valence electrons. The highest BCUT2D eigenvalue weighted by Gasteiger charge is 2.25. The van der Waals surface area contributed by atoms with Gasteiger partial charge in [0.15, 0.2) is 9.84 Å². The Kier molecular flexibility index (Phi) is 5.58. The normalized spacial score (nSPS) is 11.9. The summed E-state index contributed by atoms with van der Waals surface area (Å²) in [6, 6.07) is 21.9. The van der Waals surface area contributed by atoms with Crippen LogP contribution in [-0.4, -0.2) is 23.1 Å². The molecular weight excluding hydrogens is 394 g/mol. The van der Waals surface area contributed by atoms with E-state index in [4.69, 9.17) is 0 Å². The van der Waals surface area contributed by atoms with Crippen molar-refractivity contribution in [1.82, 2.24) is 0 Å². The van der Waals surface area contributed by atoms with Gasteiger partial charge in [-0.05, 0) is 48.9 Å². The summed E-state index contributed by atoms with van der Waals surface area (Å²) in [6.45, 7) is 2.10. The van der Waals surface area contributed by atoms with Crippen LogP contribution in [-0.2, 0) is 26.4 Å². The first-order valence-corrected chi connectivity index (χ1v) is 11.9. The fourth-order valence-electron chi connectivity index (χ4n) is 2.76. The molecule has 7 heteroatoms. The van der Waals surface area contributed by atoms with Crippen molar-refractivity contribution >= 4 is 25.5 Å². The Balaban J connectivity index is 2.06. The monoisotopic (exact) mass is 415 g/mol. The summed E-state index contributed by atoms with van der Waals surface area (Å²) >= 11 is 0. The summed E-state index contributed by atoms with van der Waals surface area (Å²) in [5.74, 6) is 0. The highest BCUT2D eigenvalue weighted by molar-refractivity contribution is 7.92. The largest absolute Gasteiger partial charge is 0.264 e. The van der Waals surface area contributed by atoms with E-state index in [0.717, 1.165) is 17.4 Å². The summed E-state index contributed by atoms with van der Waals surface area (Å²) in [6.07, 6.45) is 1.09. The molecule has 0 saturated heterocycles. The number of benzene rings is 3. The van der Waals surface area contributed by atoms with Gasteiger partial charge in [0.2, 0.25) is 0 Å². The van der Waals surface area contributed by atoms with Crippen LogP contribution in [0.3, 0.4) is 0 Å². The Morgan fingerprint density at radius 3 is 1.79 bits per heavy atom. The summed E-state index contributed by atoms with van der Waals surface area (Å²) in [4.78, 5) is 0.118. The van der Waals surface area contributed by atoms with Crippen LogP contribution < -0.4 is 4.31 Å². The average molecular weight is 416 g/mol. The Morgan fingerprint density at radius 1 is 0.714 bits per heavy atom. The molecule has 0 aromatic heterocycles. The molecule has 0 radical (unpaired) electrons. The maximum absolute atomic E-state index is 13.4. The molecule has 0 bridgehead atoms. The Labute approximate surface area is 166 Å². The molecule has 28 heavy (non-hydrogen) atoms. The highest BCUT2D eigenvalue weighted by Crippen LogP contribution is 2.27.